The summed E-state index contributed by atoms with van der Waals surface area (Å²) in [5.74, 6) is 0.882. The van der Waals surface area contributed by atoms with Gasteiger partial charge in [0.15, 0.2) is 0 Å². The van der Waals surface area contributed by atoms with E-state index in [0.717, 1.165) is 17.7 Å². The maximum absolute atomic E-state index is 6.11. The third-order valence-corrected chi connectivity index (χ3v) is 2.96. The number of hydrogen-bond acceptors (Lipinski definition) is 2. The number of aromatic nitrogens is 1. The highest BCUT2D eigenvalue weighted by molar-refractivity contribution is 5.86. The van der Waals surface area contributed by atoms with Crippen molar-refractivity contribution in [2.75, 3.05) is 7.11 Å². The van der Waals surface area contributed by atoms with Gasteiger partial charge in [-0.05, 0) is 51.0 Å². The van der Waals surface area contributed by atoms with E-state index in [1.54, 1.807) is 7.11 Å². The largest absolute Gasteiger partial charge is 0.497 e. The number of aryl methyl sites for hydroxylation is 1. The quantitative estimate of drug-likeness (QED) is 0.855. The van der Waals surface area contributed by atoms with E-state index in [-0.39, 0.29) is 5.54 Å². The van der Waals surface area contributed by atoms with E-state index in [9.17, 15) is 0 Å². The van der Waals surface area contributed by atoms with Crippen LogP contribution in [0.3, 0.4) is 0 Å². The van der Waals surface area contributed by atoms with Crippen molar-refractivity contribution in [1.29, 1.82) is 0 Å². The smallest absolute Gasteiger partial charge is 0.119 e. The third kappa shape index (κ3) is 2.44. The number of rotatable bonds is 3. The Kier molecular flexibility index (Phi) is 2.87. The fraction of sp³-hybridized carbons (Fsp3) is 0.429. The molecular formula is C14H20N2O. The Bertz CT molecular complexity index is 535. The maximum Gasteiger partial charge on any atom is 0.119 e. The van der Waals surface area contributed by atoms with E-state index >= 15 is 0 Å². The van der Waals surface area contributed by atoms with Crippen molar-refractivity contribution in [1.82, 2.24) is 4.98 Å². The van der Waals surface area contributed by atoms with Crippen LogP contribution in [0.5, 0.6) is 5.75 Å². The van der Waals surface area contributed by atoms with E-state index in [0.29, 0.717) is 0 Å². The highest BCUT2D eigenvalue weighted by Crippen LogP contribution is 2.28. The minimum absolute atomic E-state index is 0.205. The zero-order valence-electron chi connectivity index (χ0n) is 10.9. The summed E-state index contributed by atoms with van der Waals surface area (Å²) in [6, 6.07) is 6.09. The first kappa shape index (κ1) is 12.0. The molecule has 17 heavy (non-hydrogen) atoms. The van der Waals surface area contributed by atoms with Crippen molar-refractivity contribution in [3.05, 3.63) is 29.5 Å². The van der Waals surface area contributed by atoms with Gasteiger partial charge in [-0.1, -0.05) is 0 Å². The molecule has 0 aliphatic carbocycles. The minimum Gasteiger partial charge on any atom is -0.497 e. The molecule has 92 valence electrons. The Morgan fingerprint density at radius 2 is 2.06 bits per heavy atom. The van der Waals surface area contributed by atoms with Crippen LogP contribution in [0.2, 0.25) is 0 Å². The van der Waals surface area contributed by atoms with Crippen LogP contribution in [0.1, 0.15) is 25.1 Å². The van der Waals surface area contributed by atoms with Gasteiger partial charge in [-0.15, -0.1) is 0 Å². The SMILES string of the molecule is COc1ccc2[nH]c(C)c(CC(C)(C)N)c2c1. The van der Waals surface area contributed by atoms with Gasteiger partial charge in [0, 0.05) is 22.1 Å². The summed E-state index contributed by atoms with van der Waals surface area (Å²) >= 11 is 0. The molecule has 3 nitrogen and oxygen atoms in total. The molecule has 2 rings (SSSR count). The van der Waals surface area contributed by atoms with E-state index < -0.39 is 0 Å². The molecule has 3 N–H and O–H groups in total. The molecule has 0 saturated carbocycles. The van der Waals surface area contributed by atoms with Crippen LogP contribution in [0.4, 0.5) is 0 Å². The highest BCUT2D eigenvalue weighted by Gasteiger charge is 2.17. The lowest BCUT2D eigenvalue weighted by Crippen LogP contribution is -2.34. The van der Waals surface area contributed by atoms with Crippen molar-refractivity contribution < 1.29 is 4.74 Å². The summed E-state index contributed by atoms with van der Waals surface area (Å²) in [6.07, 6.45) is 0.853. The first-order valence-corrected chi connectivity index (χ1v) is 5.85. The number of H-pyrrole nitrogens is 1. The van der Waals surface area contributed by atoms with E-state index in [1.807, 2.05) is 26.0 Å². The second kappa shape index (κ2) is 4.08. The molecule has 0 spiro atoms. The van der Waals surface area contributed by atoms with Crippen LogP contribution in [-0.4, -0.2) is 17.6 Å². The molecule has 0 aliphatic heterocycles. The Morgan fingerprint density at radius 1 is 1.35 bits per heavy atom. The first-order chi connectivity index (χ1) is 7.90. The number of aromatic amines is 1. The molecule has 0 unspecified atom stereocenters. The van der Waals surface area contributed by atoms with Gasteiger partial charge in [-0.3, -0.25) is 0 Å². The van der Waals surface area contributed by atoms with Gasteiger partial charge in [-0.25, -0.2) is 0 Å². The standard InChI is InChI=1S/C14H20N2O/c1-9-12(8-14(2,3)15)11-7-10(17-4)5-6-13(11)16-9/h5-7,16H,8,15H2,1-4H3. The zero-order chi connectivity index (χ0) is 12.6. The van der Waals surface area contributed by atoms with Crippen LogP contribution in [0.15, 0.2) is 18.2 Å². The number of fused-ring (bicyclic) bond motifs is 1. The van der Waals surface area contributed by atoms with E-state index in [1.165, 1.54) is 16.6 Å². The number of ether oxygens (including phenoxy) is 1. The third-order valence-electron chi connectivity index (χ3n) is 2.96. The summed E-state index contributed by atoms with van der Waals surface area (Å²) in [7, 11) is 1.69. The van der Waals surface area contributed by atoms with E-state index in [4.69, 9.17) is 10.5 Å². The second-order valence-electron chi connectivity index (χ2n) is 5.31. The highest BCUT2D eigenvalue weighted by atomic mass is 16.5. The molecule has 0 fully saturated rings. The van der Waals surface area contributed by atoms with Crippen LogP contribution >= 0.6 is 0 Å². The predicted octanol–water partition coefficient (Wildman–Crippen LogP) is 2.76. The fourth-order valence-electron chi connectivity index (χ4n) is 2.17. The van der Waals surface area contributed by atoms with Crippen molar-refractivity contribution >= 4 is 10.9 Å². The summed E-state index contributed by atoms with van der Waals surface area (Å²) in [4.78, 5) is 3.39. The van der Waals surface area contributed by atoms with Crippen LogP contribution in [0, 0.1) is 6.92 Å². The molecule has 1 heterocycles. The molecule has 1 aromatic heterocycles. The van der Waals surface area contributed by atoms with Gasteiger partial charge in [-0.2, -0.15) is 0 Å². The molecule has 0 radical (unpaired) electrons. The van der Waals surface area contributed by atoms with Crippen molar-refractivity contribution in [3.8, 4) is 5.75 Å². The first-order valence-electron chi connectivity index (χ1n) is 5.85. The lowest BCUT2D eigenvalue weighted by Gasteiger charge is -2.18. The summed E-state index contributed by atoms with van der Waals surface area (Å²) in [6.45, 7) is 6.18. The molecule has 3 heteroatoms. The van der Waals surface area contributed by atoms with Gasteiger partial charge in [0.2, 0.25) is 0 Å². The number of nitrogens with one attached hydrogen (secondary N) is 1. The average Bonchev–Trinajstić information content (AvgIpc) is 2.53. The topological polar surface area (TPSA) is 51.0 Å². The normalized spacial score (nSPS) is 12.1. The van der Waals surface area contributed by atoms with Crippen LogP contribution in [-0.2, 0) is 6.42 Å². The Balaban J connectivity index is 2.56. The van der Waals surface area contributed by atoms with Gasteiger partial charge in [0.1, 0.15) is 5.75 Å². The lowest BCUT2D eigenvalue weighted by molar-refractivity contribution is 0.415. The Morgan fingerprint density at radius 3 is 2.65 bits per heavy atom. The monoisotopic (exact) mass is 232 g/mol. The molecule has 2 aromatic rings. The summed E-state index contributed by atoms with van der Waals surface area (Å²) in [5.41, 5.74) is 9.52. The lowest BCUT2D eigenvalue weighted by atomic mass is 9.94. The predicted molar refractivity (Wildman–Crippen MR) is 71.6 cm³/mol. The molecule has 0 saturated heterocycles. The Labute approximate surface area is 102 Å². The maximum atomic E-state index is 6.11. The molecule has 0 aliphatic rings. The van der Waals surface area contributed by atoms with Crippen molar-refractivity contribution in [2.24, 2.45) is 5.73 Å². The summed E-state index contributed by atoms with van der Waals surface area (Å²) < 4.78 is 5.27. The average molecular weight is 232 g/mol. The van der Waals surface area contributed by atoms with Crippen molar-refractivity contribution in [2.45, 2.75) is 32.7 Å². The van der Waals surface area contributed by atoms with Crippen molar-refractivity contribution in [3.63, 3.8) is 0 Å². The molecule has 0 atom stereocenters. The summed E-state index contributed by atoms with van der Waals surface area (Å²) in [5, 5.41) is 1.21. The fourth-order valence-corrected chi connectivity index (χ4v) is 2.17. The molecule has 0 bridgehead atoms. The number of benzene rings is 1. The Hall–Kier alpha value is -1.48. The van der Waals surface area contributed by atoms with Crippen LogP contribution < -0.4 is 10.5 Å². The number of hydrogen-bond donors (Lipinski definition) is 2. The molecule has 1 aromatic carbocycles. The molecular weight excluding hydrogens is 212 g/mol. The van der Waals surface area contributed by atoms with Crippen LogP contribution in [0.25, 0.3) is 10.9 Å². The van der Waals surface area contributed by atoms with E-state index in [2.05, 4.69) is 18.0 Å². The molecule has 0 amide bonds. The van der Waals surface area contributed by atoms with Gasteiger partial charge >= 0.3 is 0 Å². The van der Waals surface area contributed by atoms with Gasteiger partial charge in [0.05, 0.1) is 7.11 Å². The number of nitrogens with two attached hydrogens (primary N) is 1. The number of methoxy groups -OCH3 is 1. The van der Waals surface area contributed by atoms with Gasteiger partial charge in [0.25, 0.3) is 0 Å². The minimum atomic E-state index is -0.205. The zero-order valence-corrected chi connectivity index (χ0v) is 10.9. The van der Waals surface area contributed by atoms with Gasteiger partial charge < -0.3 is 15.5 Å². The second-order valence-corrected chi connectivity index (χ2v) is 5.31.